The number of nitrogens with one attached hydrogen (secondary N) is 1. The third-order valence-corrected chi connectivity index (χ3v) is 3.59. The second kappa shape index (κ2) is 8.44. The molecule has 1 aromatic heterocycles. The number of hydrogen-bond donors (Lipinski definition) is 1. The first-order valence-corrected chi connectivity index (χ1v) is 8.10. The average Bonchev–Trinajstić information content (AvgIpc) is 3.15. The quantitative estimate of drug-likeness (QED) is 0.660. The van der Waals surface area contributed by atoms with E-state index in [0.717, 1.165) is 11.3 Å². The molecule has 7 heteroatoms. The zero-order valence-electron chi connectivity index (χ0n) is 14.0. The summed E-state index contributed by atoms with van der Waals surface area (Å²) in [6.45, 7) is 0.806. The van der Waals surface area contributed by atoms with E-state index in [1.165, 1.54) is 4.68 Å². The van der Waals surface area contributed by atoms with Crippen LogP contribution in [0.2, 0.25) is 0 Å². The van der Waals surface area contributed by atoms with E-state index in [4.69, 9.17) is 10.00 Å². The van der Waals surface area contributed by atoms with Crippen molar-refractivity contribution in [3.8, 4) is 23.1 Å². The van der Waals surface area contributed by atoms with Crippen molar-refractivity contribution in [1.29, 1.82) is 5.26 Å². The van der Waals surface area contributed by atoms with Crippen LogP contribution in [-0.4, -0.2) is 34.1 Å². The highest BCUT2D eigenvalue weighted by Gasteiger charge is 2.07. The Morgan fingerprint density at radius 3 is 2.65 bits per heavy atom. The van der Waals surface area contributed by atoms with Crippen LogP contribution in [0.25, 0.3) is 11.3 Å². The van der Waals surface area contributed by atoms with E-state index in [1.54, 1.807) is 30.5 Å². The smallest absolute Gasteiger partial charge is 0.241 e. The van der Waals surface area contributed by atoms with E-state index in [1.807, 2.05) is 36.4 Å². The summed E-state index contributed by atoms with van der Waals surface area (Å²) in [4.78, 5) is 12.0. The standard InChI is InChI=1S/C19H17N5O2/c20-12-15-6-8-17(9-7-15)26-11-10-21-19(25)14-24-13-18(22-23-24)16-4-2-1-3-5-16/h1-9,13H,10-11,14H2,(H,21,25). The Balaban J connectivity index is 1.41. The molecule has 0 spiro atoms. The number of aromatic nitrogens is 3. The van der Waals surface area contributed by atoms with Gasteiger partial charge in [0.05, 0.1) is 24.4 Å². The molecule has 3 aromatic rings. The van der Waals surface area contributed by atoms with Gasteiger partial charge in [0.1, 0.15) is 24.6 Å². The molecule has 2 aromatic carbocycles. The molecule has 1 heterocycles. The molecule has 1 N–H and O–H groups in total. The maximum atomic E-state index is 12.0. The van der Waals surface area contributed by atoms with Crippen molar-refractivity contribution in [1.82, 2.24) is 20.3 Å². The van der Waals surface area contributed by atoms with Crippen molar-refractivity contribution in [2.75, 3.05) is 13.2 Å². The number of rotatable bonds is 7. The Morgan fingerprint density at radius 2 is 1.92 bits per heavy atom. The van der Waals surface area contributed by atoms with E-state index in [2.05, 4.69) is 15.6 Å². The molecule has 130 valence electrons. The highest BCUT2D eigenvalue weighted by Crippen LogP contribution is 2.14. The predicted octanol–water partition coefficient (Wildman–Crippen LogP) is 2.01. The number of ether oxygens (including phenoxy) is 1. The van der Waals surface area contributed by atoms with Crippen molar-refractivity contribution in [3.05, 3.63) is 66.4 Å². The van der Waals surface area contributed by atoms with Crippen LogP contribution in [0.1, 0.15) is 5.56 Å². The largest absolute Gasteiger partial charge is 0.492 e. The molecule has 0 bridgehead atoms. The summed E-state index contributed by atoms with van der Waals surface area (Å²) in [6, 6.07) is 18.5. The zero-order chi connectivity index (χ0) is 18.2. The maximum Gasteiger partial charge on any atom is 0.241 e. The zero-order valence-corrected chi connectivity index (χ0v) is 14.0. The predicted molar refractivity (Wildman–Crippen MR) is 95.1 cm³/mol. The van der Waals surface area contributed by atoms with Crippen molar-refractivity contribution in [3.63, 3.8) is 0 Å². The fourth-order valence-corrected chi connectivity index (χ4v) is 2.30. The topological polar surface area (TPSA) is 92.8 Å². The normalized spacial score (nSPS) is 10.1. The molecule has 3 rings (SSSR count). The van der Waals surface area contributed by atoms with Crippen LogP contribution in [0.3, 0.4) is 0 Å². The molecule has 0 saturated heterocycles. The summed E-state index contributed by atoms with van der Waals surface area (Å²) in [7, 11) is 0. The number of carbonyl (C=O) groups is 1. The summed E-state index contributed by atoms with van der Waals surface area (Å²) in [5.74, 6) is 0.486. The monoisotopic (exact) mass is 347 g/mol. The number of carbonyl (C=O) groups excluding carboxylic acids is 1. The molecule has 0 aliphatic rings. The SMILES string of the molecule is N#Cc1ccc(OCCNC(=O)Cn2cc(-c3ccccc3)nn2)cc1. The number of amides is 1. The van der Waals surface area contributed by atoms with Gasteiger partial charge in [0, 0.05) is 5.56 Å². The van der Waals surface area contributed by atoms with Gasteiger partial charge in [-0.1, -0.05) is 35.5 Å². The van der Waals surface area contributed by atoms with Gasteiger partial charge >= 0.3 is 0 Å². The molecule has 0 aliphatic carbocycles. The summed E-state index contributed by atoms with van der Waals surface area (Å²) < 4.78 is 7.01. The average molecular weight is 347 g/mol. The van der Waals surface area contributed by atoms with Crippen molar-refractivity contribution in [2.24, 2.45) is 0 Å². The van der Waals surface area contributed by atoms with Crippen LogP contribution < -0.4 is 10.1 Å². The minimum atomic E-state index is -0.169. The van der Waals surface area contributed by atoms with E-state index in [9.17, 15) is 4.79 Å². The minimum absolute atomic E-state index is 0.0939. The highest BCUT2D eigenvalue weighted by molar-refractivity contribution is 5.75. The van der Waals surface area contributed by atoms with Gasteiger partial charge in [0.25, 0.3) is 0 Å². The molecule has 7 nitrogen and oxygen atoms in total. The summed E-state index contributed by atoms with van der Waals surface area (Å²) in [6.07, 6.45) is 1.74. The molecule has 0 aliphatic heterocycles. The van der Waals surface area contributed by atoms with Crippen LogP contribution in [-0.2, 0) is 11.3 Å². The van der Waals surface area contributed by atoms with Crippen LogP contribution in [0, 0.1) is 11.3 Å². The van der Waals surface area contributed by atoms with Gasteiger partial charge in [-0.2, -0.15) is 5.26 Å². The summed E-state index contributed by atoms with van der Waals surface area (Å²) in [5, 5.41) is 19.6. The van der Waals surface area contributed by atoms with Gasteiger partial charge in [-0.3, -0.25) is 4.79 Å². The Kier molecular flexibility index (Phi) is 5.58. The molecular weight excluding hydrogens is 330 g/mol. The number of benzene rings is 2. The Morgan fingerprint density at radius 1 is 1.15 bits per heavy atom. The molecular formula is C19H17N5O2. The second-order valence-electron chi connectivity index (χ2n) is 5.50. The lowest BCUT2D eigenvalue weighted by Crippen LogP contribution is -2.31. The van der Waals surface area contributed by atoms with Crippen LogP contribution in [0.15, 0.2) is 60.8 Å². The lowest BCUT2D eigenvalue weighted by Gasteiger charge is -2.07. The molecule has 0 saturated carbocycles. The van der Waals surface area contributed by atoms with Gasteiger partial charge in [-0.05, 0) is 24.3 Å². The molecule has 0 unspecified atom stereocenters. The fourth-order valence-electron chi connectivity index (χ4n) is 2.30. The Bertz CT molecular complexity index is 898. The van der Waals surface area contributed by atoms with E-state index in [-0.39, 0.29) is 12.5 Å². The van der Waals surface area contributed by atoms with Crippen molar-refractivity contribution < 1.29 is 9.53 Å². The maximum absolute atomic E-state index is 12.0. The molecule has 0 atom stereocenters. The first-order valence-electron chi connectivity index (χ1n) is 8.10. The number of nitriles is 1. The molecule has 26 heavy (non-hydrogen) atoms. The van der Waals surface area contributed by atoms with Crippen LogP contribution in [0.5, 0.6) is 5.75 Å². The van der Waals surface area contributed by atoms with Gasteiger partial charge in [0.2, 0.25) is 5.91 Å². The Hall–Kier alpha value is -3.66. The van der Waals surface area contributed by atoms with Crippen molar-refractivity contribution in [2.45, 2.75) is 6.54 Å². The summed E-state index contributed by atoms with van der Waals surface area (Å²) in [5.41, 5.74) is 2.26. The van der Waals surface area contributed by atoms with Gasteiger partial charge < -0.3 is 10.1 Å². The number of hydrogen-bond acceptors (Lipinski definition) is 5. The van der Waals surface area contributed by atoms with Crippen LogP contribution in [0.4, 0.5) is 0 Å². The molecule has 0 radical (unpaired) electrons. The van der Waals surface area contributed by atoms with E-state index in [0.29, 0.717) is 24.5 Å². The lowest BCUT2D eigenvalue weighted by atomic mass is 10.2. The molecule has 1 amide bonds. The van der Waals surface area contributed by atoms with Crippen molar-refractivity contribution >= 4 is 5.91 Å². The summed E-state index contributed by atoms with van der Waals surface area (Å²) >= 11 is 0. The fraction of sp³-hybridized carbons (Fsp3) is 0.158. The lowest BCUT2D eigenvalue weighted by molar-refractivity contribution is -0.121. The van der Waals surface area contributed by atoms with E-state index >= 15 is 0 Å². The third kappa shape index (κ3) is 4.68. The third-order valence-electron chi connectivity index (χ3n) is 3.59. The van der Waals surface area contributed by atoms with Gasteiger partial charge in [-0.25, -0.2) is 4.68 Å². The number of nitrogens with zero attached hydrogens (tertiary/aromatic N) is 4. The van der Waals surface area contributed by atoms with Crippen LogP contribution >= 0.6 is 0 Å². The minimum Gasteiger partial charge on any atom is -0.492 e. The van der Waals surface area contributed by atoms with Gasteiger partial charge in [0.15, 0.2) is 0 Å². The first-order chi connectivity index (χ1) is 12.7. The highest BCUT2D eigenvalue weighted by atomic mass is 16.5. The molecule has 0 fully saturated rings. The first kappa shape index (κ1) is 17.2. The van der Waals surface area contributed by atoms with E-state index < -0.39 is 0 Å². The Labute approximate surface area is 150 Å². The van der Waals surface area contributed by atoms with Gasteiger partial charge in [-0.15, -0.1) is 5.10 Å². The second-order valence-corrected chi connectivity index (χ2v) is 5.50.